The number of benzene rings is 2. The number of hydrogen-bond acceptors (Lipinski definition) is 3. The van der Waals surface area contributed by atoms with Gasteiger partial charge in [0.25, 0.3) is 5.91 Å². The lowest BCUT2D eigenvalue weighted by Crippen LogP contribution is -2.23. The SMILES string of the molecule is COc1ccc(CNC(=O)/C(C#N)=C\c2cc(C)n(-c3cc(C)ccc3C)c2C)cc1. The van der Waals surface area contributed by atoms with E-state index in [2.05, 4.69) is 41.9 Å². The number of carbonyl (C=O) groups excluding carboxylic acids is 1. The van der Waals surface area contributed by atoms with Crippen LogP contribution in [0.2, 0.25) is 0 Å². The number of aryl methyl sites for hydroxylation is 3. The van der Waals surface area contributed by atoms with Gasteiger partial charge >= 0.3 is 0 Å². The lowest BCUT2D eigenvalue weighted by Gasteiger charge is -2.13. The molecule has 5 nitrogen and oxygen atoms in total. The molecule has 0 aliphatic carbocycles. The zero-order valence-electron chi connectivity index (χ0n) is 18.6. The summed E-state index contributed by atoms with van der Waals surface area (Å²) in [6, 6.07) is 17.8. The maximum Gasteiger partial charge on any atom is 0.262 e. The first-order valence-corrected chi connectivity index (χ1v) is 10.1. The van der Waals surface area contributed by atoms with Crippen LogP contribution in [0.25, 0.3) is 11.8 Å². The van der Waals surface area contributed by atoms with Crippen molar-refractivity contribution in [2.75, 3.05) is 7.11 Å². The number of amides is 1. The van der Waals surface area contributed by atoms with E-state index in [-0.39, 0.29) is 5.57 Å². The highest BCUT2D eigenvalue weighted by Crippen LogP contribution is 2.25. The number of aromatic nitrogens is 1. The van der Waals surface area contributed by atoms with Gasteiger partial charge in [0.1, 0.15) is 17.4 Å². The number of methoxy groups -OCH3 is 1. The van der Waals surface area contributed by atoms with Crippen LogP contribution in [0.1, 0.15) is 33.6 Å². The summed E-state index contributed by atoms with van der Waals surface area (Å²) >= 11 is 0. The Hall–Kier alpha value is -3.78. The molecule has 0 unspecified atom stereocenters. The quantitative estimate of drug-likeness (QED) is 0.460. The Bertz CT molecular complexity index is 1180. The standard InChI is InChI=1S/C26H27N3O2/c1-17-6-7-18(2)25(12-17)29-19(3)13-22(20(29)4)14-23(15-27)26(30)28-16-21-8-10-24(31-5)11-9-21/h6-14H,16H2,1-5H3,(H,28,30)/b23-14-. The minimum absolute atomic E-state index is 0.0784. The molecule has 3 aromatic rings. The van der Waals surface area contributed by atoms with Crippen molar-refractivity contribution >= 4 is 12.0 Å². The molecule has 0 spiro atoms. The maximum atomic E-state index is 12.6. The molecule has 158 valence electrons. The van der Waals surface area contributed by atoms with Gasteiger partial charge in [-0.3, -0.25) is 4.79 Å². The predicted octanol–water partition coefficient (Wildman–Crippen LogP) is 4.94. The van der Waals surface area contributed by atoms with Crippen LogP contribution in [0.15, 0.2) is 54.1 Å². The molecular formula is C26H27N3O2. The highest BCUT2D eigenvalue weighted by atomic mass is 16.5. The molecule has 1 N–H and O–H groups in total. The molecule has 0 fully saturated rings. The lowest BCUT2D eigenvalue weighted by molar-refractivity contribution is -0.117. The third kappa shape index (κ3) is 4.87. The van der Waals surface area contributed by atoms with Crippen LogP contribution < -0.4 is 10.1 Å². The second-order valence-corrected chi connectivity index (χ2v) is 7.65. The first kappa shape index (κ1) is 21.9. The van der Waals surface area contributed by atoms with Gasteiger partial charge in [-0.1, -0.05) is 24.3 Å². The molecule has 1 heterocycles. The summed E-state index contributed by atoms with van der Waals surface area (Å²) in [5.41, 5.74) is 7.36. The average molecular weight is 414 g/mol. The van der Waals surface area contributed by atoms with Gasteiger partial charge in [0.05, 0.1) is 7.11 Å². The summed E-state index contributed by atoms with van der Waals surface area (Å²) in [5.74, 6) is 0.363. The highest BCUT2D eigenvalue weighted by Gasteiger charge is 2.15. The second kappa shape index (κ2) is 9.36. The number of nitriles is 1. The Balaban J connectivity index is 1.84. The van der Waals surface area contributed by atoms with Crippen LogP contribution >= 0.6 is 0 Å². The highest BCUT2D eigenvalue weighted by molar-refractivity contribution is 6.01. The van der Waals surface area contributed by atoms with Gasteiger partial charge in [-0.25, -0.2) is 0 Å². The molecule has 1 amide bonds. The van der Waals surface area contributed by atoms with E-state index in [9.17, 15) is 10.1 Å². The summed E-state index contributed by atoms with van der Waals surface area (Å²) in [6.07, 6.45) is 1.66. The molecule has 3 rings (SSSR count). The van der Waals surface area contributed by atoms with Gasteiger partial charge in [0.2, 0.25) is 0 Å². The number of ether oxygens (including phenoxy) is 1. The first-order valence-electron chi connectivity index (χ1n) is 10.1. The van der Waals surface area contributed by atoms with Crippen LogP contribution in [-0.4, -0.2) is 17.6 Å². The van der Waals surface area contributed by atoms with E-state index in [1.54, 1.807) is 13.2 Å². The Labute approximate surface area is 183 Å². The maximum absolute atomic E-state index is 12.6. The molecule has 0 atom stereocenters. The lowest BCUT2D eigenvalue weighted by atomic mass is 10.1. The van der Waals surface area contributed by atoms with E-state index in [0.717, 1.165) is 34.0 Å². The topological polar surface area (TPSA) is 67.0 Å². The number of hydrogen-bond donors (Lipinski definition) is 1. The Morgan fingerprint density at radius 2 is 1.81 bits per heavy atom. The summed E-state index contributed by atoms with van der Waals surface area (Å²) < 4.78 is 7.31. The van der Waals surface area contributed by atoms with Gasteiger partial charge < -0.3 is 14.6 Å². The van der Waals surface area contributed by atoms with E-state index < -0.39 is 5.91 Å². The fourth-order valence-electron chi connectivity index (χ4n) is 3.59. The van der Waals surface area contributed by atoms with Gasteiger partial charge in [0, 0.05) is 23.6 Å². The minimum atomic E-state index is -0.394. The fraction of sp³-hybridized carbons (Fsp3) is 0.231. The number of nitrogens with zero attached hydrogens (tertiary/aromatic N) is 2. The van der Waals surface area contributed by atoms with Crippen molar-refractivity contribution in [1.29, 1.82) is 5.26 Å². The molecule has 1 aromatic heterocycles. The van der Waals surface area contributed by atoms with Gasteiger partial charge in [-0.15, -0.1) is 0 Å². The van der Waals surface area contributed by atoms with Crippen LogP contribution in [0.5, 0.6) is 5.75 Å². The fourth-order valence-corrected chi connectivity index (χ4v) is 3.59. The monoisotopic (exact) mass is 413 g/mol. The number of rotatable bonds is 6. The third-order valence-electron chi connectivity index (χ3n) is 5.35. The molecular weight excluding hydrogens is 386 g/mol. The van der Waals surface area contributed by atoms with Crippen LogP contribution in [0, 0.1) is 39.0 Å². The van der Waals surface area contributed by atoms with Crippen molar-refractivity contribution in [3.8, 4) is 17.5 Å². The van der Waals surface area contributed by atoms with Crippen LogP contribution in [0.3, 0.4) is 0 Å². The second-order valence-electron chi connectivity index (χ2n) is 7.65. The molecule has 0 bridgehead atoms. The molecule has 0 aliphatic rings. The first-order chi connectivity index (χ1) is 14.8. The molecule has 31 heavy (non-hydrogen) atoms. The van der Waals surface area contributed by atoms with Gasteiger partial charge in [0.15, 0.2) is 0 Å². The Morgan fingerprint density at radius 3 is 2.45 bits per heavy atom. The zero-order valence-corrected chi connectivity index (χ0v) is 18.6. The molecule has 0 saturated heterocycles. The number of nitrogens with one attached hydrogen (secondary N) is 1. The summed E-state index contributed by atoms with van der Waals surface area (Å²) in [7, 11) is 1.61. The third-order valence-corrected chi connectivity index (χ3v) is 5.35. The zero-order chi connectivity index (χ0) is 22.5. The molecule has 5 heteroatoms. The minimum Gasteiger partial charge on any atom is -0.497 e. The predicted molar refractivity (Wildman–Crippen MR) is 123 cm³/mol. The molecule has 0 aliphatic heterocycles. The molecule has 2 aromatic carbocycles. The summed E-state index contributed by atoms with van der Waals surface area (Å²) in [4.78, 5) is 12.6. The summed E-state index contributed by atoms with van der Waals surface area (Å²) in [6.45, 7) is 8.52. The number of carbonyl (C=O) groups is 1. The Morgan fingerprint density at radius 1 is 1.10 bits per heavy atom. The van der Waals surface area contributed by atoms with Crippen LogP contribution in [-0.2, 0) is 11.3 Å². The smallest absolute Gasteiger partial charge is 0.262 e. The van der Waals surface area contributed by atoms with Crippen molar-refractivity contribution in [2.45, 2.75) is 34.2 Å². The van der Waals surface area contributed by atoms with Crippen molar-refractivity contribution < 1.29 is 9.53 Å². The van der Waals surface area contributed by atoms with Crippen molar-refractivity contribution in [1.82, 2.24) is 9.88 Å². The Kier molecular flexibility index (Phi) is 6.61. The van der Waals surface area contributed by atoms with Gasteiger partial charge in [-0.05, 0) is 80.3 Å². The van der Waals surface area contributed by atoms with E-state index in [4.69, 9.17) is 4.74 Å². The summed E-state index contributed by atoms with van der Waals surface area (Å²) in [5, 5.41) is 12.4. The van der Waals surface area contributed by atoms with Crippen molar-refractivity contribution in [3.63, 3.8) is 0 Å². The van der Waals surface area contributed by atoms with E-state index in [1.165, 1.54) is 11.1 Å². The van der Waals surface area contributed by atoms with Crippen molar-refractivity contribution in [3.05, 3.63) is 87.7 Å². The molecule has 0 saturated carbocycles. The van der Waals surface area contributed by atoms with Gasteiger partial charge in [-0.2, -0.15) is 5.26 Å². The van der Waals surface area contributed by atoms with E-state index in [1.807, 2.05) is 50.2 Å². The average Bonchev–Trinajstić information content (AvgIpc) is 3.05. The van der Waals surface area contributed by atoms with E-state index in [0.29, 0.717) is 6.54 Å². The van der Waals surface area contributed by atoms with E-state index >= 15 is 0 Å². The van der Waals surface area contributed by atoms with Crippen molar-refractivity contribution in [2.24, 2.45) is 0 Å². The molecule has 0 radical (unpaired) electrons. The largest absolute Gasteiger partial charge is 0.497 e. The normalized spacial score (nSPS) is 11.2. The van der Waals surface area contributed by atoms with Crippen LogP contribution in [0.4, 0.5) is 0 Å².